The van der Waals surface area contributed by atoms with Crippen molar-refractivity contribution >= 4 is 5.65 Å². The van der Waals surface area contributed by atoms with E-state index < -0.39 is 5.60 Å². The van der Waals surface area contributed by atoms with Gasteiger partial charge in [-0.2, -0.15) is 5.10 Å². The Morgan fingerprint density at radius 3 is 2.70 bits per heavy atom. The van der Waals surface area contributed by atoms with Crippen LogP contribution >= 0.6 is 0 Å². The largest absolute Gasteiger partial charge is 0.385 e. The summed E-state index contributed by atoms with van der Waals surface area (Å²) in [6.45, 7) is 1.96. The third-order valence-corrected chi connectivity index (χ3v) is 5.10. The van der Waals surface area contributed by atoms with Gasteiger partial charge in [0, 0.05) is 36.1 Å². The van der Waals surface area contributed by atoms with Crippen LogP contribution in [0.2, 0.25) is 0 Å². The number of fused-ring (bicyclic) bond motifs is 3. The lowest BCUT2D eigenvalue weighted by atomic mass is 9.82. The maximum Gasteiger partial charge on any atom is 0.155 e. The van der Waals surface area contributed by atoms with Gasteiger partial charge >= 0.3 is 0 Å². The Morgan fingerprint density at radius 2 is 2.00 bits per heavy atom. The first-order valence-corrected chi connectivity index (χ1v) is 7.32. The van der Waals surface area contributed by atoms with E-state index in [1.165, 1.54) is 12.8 Å². The number of aryl methyl sites for hydroxylation is 1. The zero-order chi connectivity index (χ0) is 13.9. The maximum atomic E-state index is 11.1. The van der Waals surface area contributed by atoms with Gasteiger partial charge in [0.05, 0.1) is 11.3 Å². The average Bonchev–Trinajstić information content (AvgIpc) is 2.86. The standard InChI is InChI=1S/C15H20N4O/c1-10-5-14-16-8-11(9-19(14)17-10)15(20)6-12-3-4-13(7-15)18(12)2/h5,8-9,12-13,20H,3-4,6-7H2,1-2H3. The molecular weight excluding hydrogens is 252 g/mol. The van der Waals surface area contributed by atoms with Gasteiger partial charge in [0.1, 0.15) is 0 Å². The van der Waals surface area contributed by atoms with Gasteiger partial charge in [0.25, 0.3) is 0 Å². The van der Waals surface area contributed by atoms with Crippen LogP contribution in [0.5, 0.6) is 0 Å². The molecule has 2 fully saturated rings. The molecule has 5 heteroatoms. The van der Waals surface area contributed by atoms with Crippen LogP contribution in [0.3, 0.4) is 0 Å². The van der Waals surface area contributed by atoms with Crippen LogP contribution in [-0.4, -0.2) is 43.7 Å². The van der Waals surface area contributed by atoms with Gasteiger partial charge < -0.3 is 10.0 Å². The lowest BCUT2D eigenvalue weighted by Crippen LogP contribution is -2.47. The van der Waals surface area contributed by atoms with E-state index in [4.69, 9.17) is 0 Å². The Balaban J connectivity index is 1.74. The fourth-order valence-electron chi connectivity index (χ4n) is 3.92. The molecule has 0 saturated carbocycles. The summed E-state index contributed by atoms with van der Waals surface area (Å²) in [5.74, 6) is 0. The summed E-state index contributed by atoms with van der Waals surface area (Å²) < 4.78 is 1.78. The number of aromatic nitrogens is 3. The van der Waals surface area contributed by atoms with Gasteiger partial charge in [-0.05, 0) is 39.7 Å². The Morgan fingerprint density at radius 1 is 1.30 bits per heavy atom. The minimum absolute atomic E-state index is 0.494. The second kappa shape index (κ2) is 4.02. The van der Waals surface area contributed by atoms with E-state index in [1.807, 2.05) is 25.4 Å². The van der Waals surface area contributed by atoms with Gasteiger partial charge in [0.15, 0.2) is 5.65 Å². The molecule has 5 nitrogen and oxygen atoms in total. The average molecular weight is 272 g/mol. The van der Waals surface area contributed by atoms with E-state index in [1.54, 1.807) is 4.52 Å². The van der Waals surface area contributed by atoms with Crippen LogP contribution in [0.4, 0.5) is 0 Å². The first kappa shape index (κ1) is 12.3. The third kappa shape index (κ3) is 1.70. The highest BCUT2D eigenvalue weighted by molar-refractivity contribution is 5.40. The van der Waals surface area contributed by atoms with Crippen molar-refractivity contribution < 1.29 is 5.11 Å². The van der Waals surface area contributed by atoms with E-state index in [0.717, 1.165) is 29.7 Å². The second-order valence-electron chi connectivity index (χ2n) is 6.42. The van der Waals surface area contributed by atoms with Crippen molar-refractivity contribution in [1.82, 2.24) is 19.5 Å². The summed E-state index contributed by atoms with van der Waals surface area (Å²) in [6, 6.07) is 2.94. The molecule has 106 valence electrons. The predicted molar refractivity (Wildman–Crippen MR) is 75.4 cm³/mol. The molecule has 2 aromatic heterocycles. The van der Waals surface area contributed by atoms with Gasteiger partial charge in [0.2, 0.25) is 0 Å². The lowest BCUT2D eigenvalue weighted by molar-refractivity contribution is -0.0498. The highest BCUT2D eigenvalue weighted by Crippen LogP contribution is 2.44. The Bertz CT molecular complexity index is 651. The van der Waals surface area contributed by atoms with Crippen molar-refractivity contribution in [1.29, 1.82) is 0 Å². The molecule has 0 aliphatic carbocycles. The molecule has 2 bridgehead atoms. The predicted octanol–water partition coefficient (Wildman–Crippen LogP) is 1.48. The van der Waals surface area contributed by atoms with E-state index in [0.29, 0.717) is 12.1 Å². The third-order valence-electron chi connectivity index (χ3n) is 5.10. The second-order valence-corrected chi connectivity index (χ2v) is 6.42. The van der Waals surface area contributed by atoms with Crippen molar-refractivity contribution in [3.05, 3.63) is 29.7 Å². The van der Waals surface area contributed by atoms with Gasteiger partial charge in [-0.3, -0.25) is 0 Å². The molecule has 2 aliphatic rings. The summed E-state index contributed by atoms with van der Waals surface area (Å²) >= 11 is 0. The van der Waals surface area contributed by atoms with Gasteiger partial charge in [-0.25, -0.2) is 9.50 Å². The van der Waals surface area contributed by atoms with Crippen LogP contribution < -0.4 is 0 Å². The molecule has 1 N–H and O–H groups in total. The maximum absolute atomic E-state index is 11.1. The van der Waals surface area contributed by atoms with Gasteiger partial charge in [-0.1, -0.05) is 0 Å². The van der Waals surface area contributed by atoms with E-state index in [2.05, 4.69) is 22.0 Å². The van der Waals surface area contributed by atoms with E-state index >= 15 is 0 Å². The molecular formula is C15H20N4O. The van der Waals surface area contributed by atoms with Crippen molar-refractivity contribution in [3.63, 3.8) is 0 Å². The summed E-state index contributed by atoms with van der Waals surface area (Å²) in [6.07, 6.45) is 7.75. The molecule has 20 heavy (non-hydrogen) atoms. The van der Waals surface area contributed by atoms with Gasteiger partial charge in [-0.15, -0.1) is 0 Å². The number of aliphatic hydroxyl groups is 1. The summed E-state index contributed by atoms with van der Waals surface area (Å²) in [5, 5.41) is 15.5. The lowest BCUT2D eigenvalue weighted by Gasteiger charge is -2.42. The monoisotopic (exact) mass is 272 g/mol. The number of hydrogen-bond donors (Lipinski definition) is 1. The zero-order valence-electron chi connectivity index (χ0n) is 12.0. The minimum Gasteiger partial charge on any atom is -0.385 e. The first-order valence-electron chi connectivity index (χ1n) is 7.32. The SMILES string of the molecule is Cc1cc2ncc(C3(O)CC4CCC(C3)N4C)cn2n1. The molecule has 0 aromatic carbocycles. The molecule has 2 saturated heterocycles. The summed E-state index contributed by atoms with van der Waals surface area (Å²) in [4.78, 5) is 6.87. The molecule has 4 rings (SSSR count). The number of rotatable bonds is 1. The van der Waals surface area contributed by atoms with Crippen molar-refractivity contribution in [2.45, 2.75) is 50.3 Å². The summed E-state index contributed by atoms with van der Waals surface area (Å²) in [7, 11) is 2.18. The van der Waals surface area contributed by atoms with Crippen LogP contribution in [0.15, 0.2) is 18.5 Å². The van der Waals surface area contributed by atoms with Crippen LogP contribution in [-0.2, 0) is 5.60 Å². The normalized spacial score (nSPS) is 34.0. The Kier molecular flexibility index (Phi) is 2.47. The van der Waals surface area contributed by atoms with E-state index in [-0.39, 0.29) is 0 Å². The summed E-state index contributed by atoms with van der Waals surface area (Å²) in [5.41, 5.74) is 1.94. The highest BCUT2D eigenvalue weighted by Gasteiger charge is 2.47. The number of nitrogens with zero attached hydrogens (tertiary/aromatic N) is 4. The molecule has 2 unspecified atom stereocenters. The molecule has 2 atom stereocenters. The fraction of sp³-hybridized carbons (Fsp3) is 0.600. The topological polar surface area (TPSA) is 53.7 Å². The first-order chi connectivity index (χ1) is 9.55. The quantitative estimate of drug-likeness (QED) is 0.854. The fourth-order valence-corrected chi connectivity index (χ4v) is 3.92. The molecule has 2 aromatic rings. The van der Waals surface area contributed by atoms with Crippen LogP contribution in [0.25, 0.3) is 5.65 Å². The smallest absolute Gasteiger partial charge is 0.155 e. The highest BCUT2D eigenvalue weighted by atomic mass is 16.3. The zero-order valence-corrected chi connectivity index (χ0v) is 12.0. The molecule has 0 amide bonds. The molecule has 0 spiro atoms. The van der Waals surface area contributed by atoms with Crippen LogP contribution in [0, 0.1) is 6.92 Å². The molecule has 4 heterocycles. The van der Waals surface area contributed by atoms with E-state index in [9.17, 15) is 5.11 Å². The minimum atomic E-state index is -0.751. The molecule has 2 aliphatic heterocycles. The van der Waals surface area contributed by atoms with Crippen molar-refractivity contribution in [3.8, 4) is 0 Å². The molecule has 0 radical (unpaired) electrons. The van der Waals surface area contributed by atoms with Crippen LogP contribution in [0.1, 0.15) is 36.9 Å². The number of piperidine rings is 1. The van der Waals surface area contributed by atoms with Crippen molar-refractivity contribution in [2.75, 3.05) is 7.05 Å². The van der Waals surface area contributed by atoms with Crippen molar-refractivity contribution in [2.24, 2.45) is 0 Å². The Labute approximate surface area is 118 Å². The number of hydrogen-bond acceptors (Lipinski definition) is 4. The Hall–Kier alpha value is -1.46.